The predicted octanol–water partition coefficient (Wildman–Crippen LogP) is 4.61. The van der Waals surface area contributed by atoms with Gasteiger partial charge in [-0.1, -0.05) is 80.6 Å². The van der Waals surface area contributed by atoms with Gasteiger partial charge in [-0.2, -0.15) is 5.06 Å². The van der Waals surface area contributed by atoms with E-state index in [2.05, 4.69) is 10.6 Å². The van der Waals surface area contributed by atoms with Crippen LogP contribution < -0.4 is 10.6 Å². The van der Waals surface area contributed by atoms with E-state index >= 15 is 0 Å². The molecule has 3 aromatic rings. The van der Waals surface area contributed by atoms with Crippen molar-refractivity contribution in [2.45, 2.75) is 58.7 Å². The molecule has 0 saturated carbocycles. The maximum absolute atomic E-state index is 13.6. The van der Waals surface area contributed by atoms with Crippen molar-refractivity contribution in [3.05, 3.63) is 95.6 Å². The van der Waals surface area contributed by atoms with Gasteiger partial charge in [0.25, 0.3) is 5.91 Å². The monoisotopic (exact) mass is 629 g/mol. The largest absolute Gasteiger partial charge is 0.464 e. The summed E-state index contributed by atoms with van der Waals surface area (Å²) in [5, 5.41) is 5.67. The Morgan fingerprint density at radius 1 is 0.761 bits per heavy atom. The molecule has 3 amide bonds. The minimum absolute atomic E-state index is 0.0245. The van der Waals surface area contributed by atoms with E-state index in [1.807, 2.05) is 48.5 Å². The highest BCUT2D eigenvalue weighted by Crippen LogP contribution is 2.44. The third-order valence-electron chi connectivity index (χ3n) is 7.69. The van der Waals surface area contributed by atoms with E-state index in [0.29, 0.717) is 5.06 Å². The lowest BCUT2D eigenvalue weighted by Gasteiger charge is -2.30. The maximum Gasteiger partial charge on any atom is 0.407 e. The normalized spacial score (nSPS) is 13.8. The van der Waals surface area contributed by atoms with E-state index < -0.39 is 48.0 Å². The molecule has 0 saturated heterocycles. The standard InChI is InChI=1S/C35H39N3O8/c1-6-44-34(42)30(21(2)3)37-31(39)23(5)38(46-33(41)24-14-8-7-9-15-24)32(40)22(4)36-35(43)45-20-29-27-18-12-10-16-25(27)26-17-11-13-19-28(26)29/h7-19,21-23,29-30H,6,20H2,1-5H3,(H,36,43)(H,37,39)/t22-,23+,30-/m0/s1. The number of carbonyl (C=O) groups excluding carboxylic acids is 5. The molecular weight excluding hydrogens is 590 g/mol. The number of rotatable bonds is 11. The average Bonchev–Trinajstić information content (AvgIpc) is 3.38. The number of benzene rings is 3. The van der Waals surface area contributed by atoms with Crippen molar-refractivity contribution in [2.75, 3.05) is 13.2 Å². The Hall–Kier alpha value is -5.19. The third-order valence-corrected chi connectivity index (χ3v) is 7.69. The molecule has 3 atom stereocenters. The number of hydroxylamine groups is 2. The van der Waals surface area contributed by atoms with Crippen molar-refractivity contribution >= 4 is 29.8 Å². The van der Waals surface area contributed by atoms with Gasteiger partial charge in [-0.25, -0.2) is 14.4 Å². The summed E-state index contributed by atoms with van der Waals surface area (Å²) in [4.78, 5) is 70.7. The number of hydrogen-bond acceptors (Lipinski definition) is 8. The smallest absolute Gasteiger partial charge is 0.407 e. The zero-order chi connectivity index (χ0) is 33.4. The zero-order valence-electron chi connectivity index (χ0n) is 26.5. The van der Waals surface area contributed by atoms with Crippen molar-refractivity contribution < 1.29 is 38.3 Å². The summed E-state index contributed by atoms with van der Waals surface area (Å²) in [6.07, 6.45) is -0.865. The first-order chi connectivity index (χ1) is 22.0. The van der Waals surface area contributed by atoms with Crippen LogP contribution in [0.3, 0.4) is 0 Å². The molecule has 0 aromatic heterocycles. The Bertz CT molecular complexity index is 1530. The Morgan fingerprint density at radius 2 is 1.33 bits per heavy atom. The lowest BCUT2D eigenvalue weighted by molar-refractivity contribution is -0.182. The quantitative estimate of drug-likeness (QED) is 0.232. The van der Waals surface area contributed by atoms with E-state index in [4.69, 9.17) is 14.3 Å². The van der Waals surface area contributed by atoms with Gasteiger partial charge in [0.2, 0.25) is 5.91 Å². The highest BCUT2D eigenvalue weighted by atomic mass is 16.7. The molecule has 0 heterocycles. The Morgan fingerprint density at radius 3 is 1.89 bits per heavy atom. The van der Waals surface area contributed by atoms with Gasteiger partial charge in [0.15, 0.2) is 0 Å². The summed E-state index contributed by atoms with van der Waals surface area (Å²) < 4.78 is 10.6. The number of amides is 3. The van der Waals surface area contributed by atoms with Crippen LogP contribution in [0.4, 0.5) is 4.79 Å². The van der Waals surface area contributed by atoms with Crippen molar-refractivity contribution in [2.24, 2.45) is 5.92 Å². The number of esters is 1. The first kappa shape index (κ1) is 33.7. The average molecular weight is 630 g/mol. The molecule has 11 heteroatoms. The summed E-state index contributed by atoms with van der Waals surface area (Å²) in [5.74, 6) is -3.72. The summed E-state index contributed by atoms with van der Waals surface area (Å²) in [6, 6.07) is 20.1. The number of fused-ring (bicyclic) bond motifs is 3. The second kappa shape index (κ2) is 15.2. The number of ether oxygens (including phenoxy) is 2. The highest BCUT2D eigenvalue weighted by molar-refractivity contribution is 5.95. The van der Waals surface area contributed by atoms with Gasteiger partial charge < -0.3 is 24.9 Å². The van der Waals surface area contributed by atoms with Crippen LogP contribution >= 0.6 is 0 Å². The minimum atomic E-state index is -1.39. The van der Waals surface area contributed by atoms with Gasteiger partial charge in [0.05, 0.1) is 12.2 Å². The lowest BCUT2D eigenvalue weighted by Crippen LogP contribution is -2.57. The lowest BCUT2D eigenvalue weighted by atomic mass is 9.98. The van der Waals surface area contributed by atoms with Gasteiger partial charge in [-0.15, -0.1) is 0 Å². The second-order valence-electron chi connectivity index (χ2n) is 11.3. The molecule has 1 aliphatic carbocycles. The van der Waals surface area contributed by atoms with Crippen LogP contribution in [-0.2, 0) is 28.7 Å². The molecule has 0 bridgehead atoms. The molecule has 1 aliphatic rings. The predicted molar refractivity (Wildman–Crippen MR) is 169 cm³/mol. The van der Waals surface area contributed by atoms with E-state index in [-0.39, 0.29) is 30.6 Å². The number of carbonyl (C=O) groups is 5. The first-order valence-corrected chi connectivity index (χ1v) is 15.2. The molecule has 4 rings (SSSR count). The van der Waals surface area contributed by atoms with E-state index in [1.54, 1.807) is 39.0 Å². The number of nitrogens with one attached hydrogen (secondary N) is 2. The van der Waals surface area contributed by atoms with Crippen LogP contribution in [0, 0.1) is 5.92 Å². The van der Waals surface area contributed by atoms with Crippen LogP contribution in [0.1, 0.15) is 62.0 Å². The molecule has 0 fully saturated rings. The molecular formula is C35H39N3O8. The van der Waals surface area contributed by atoms with Gasteiger partial charge >= 0.3 is 18.0 Å². The SMILES string of the molecule is CCOC(=O)[C@@H](NC(=O)[C@@H](C)N(OC(=O)c1ccccc1)C(=O)[C@H](C)NC(=O)OCC1c2ccccc2-c2ccccc21)C(C)C. The summed E-state index contributed by atoms with van der Waals surface area (Å²) in [5.41, 5.74) is 4.34. The van der Waals surface area contributed by atoms with Crippen LogP contribution in [0.15, 0.2) is 78.9 Å². The fourth-order valence-electron chi connectivity index (χ4n) is 5.21. The van der Waals surface area contributed by atoms with Crippen molar-refractivity contribution in [1.82, 2.24) is 15.7 Å². The second-order valence-corrected chi connectivity index (χ2v) is 11.3. The van der Waals surface area contributed by atoms with Gasteiger partial charge in [-0.05, 0) is 61.1 Å². The van der Waals surface area contributed by atoms with E-state index in [1.165, 1.54) is 26.0 Å². The van der Waals surface area contributed by atoms with Crippen LogP contribution in [0.2, 0.25) is 0 Å². The molecule has 0 spiro atoms. The Balaban J connectivity index is 1.47. The molecule has 0 aliphatic heterocycles. The topological polar surface area (TPSA) is 140 Å². The van der Waals surface area contributed by atoms with Crippen molar-refractivity contribution in [1.29, 1.82) is 0 Å². The van der Waals surface area contributed by atoms with Gasteiger partial charge in [0, 0.05) is 5.92 Å². The molecule has 0 radical (unpaired) electrons. The third kappa shape index (κ3) is 7.71. The Labute approximate surface area is 268 Å². The van der Waals surface area contributed by atoms with Crippen molar-refractivity contribution in [3.8, 4) is 11.1 Å². The molecule has 0 unspecified atom stereocenters. The molecule has 46 heavy (non-hydrogen) atoms. The summed E-state index contributed by atoms with van der Waals surface area (Å²) >= 11 is 0. The Kier molecular flexibility index (Phi) is 11.1. The van der Waals surface area contributed by atoms with Crippen LogP contribution in [0.5, 0.6) is 0 Å². The van der Waals surface area contributed by atoms with Crippen LogP contribution in [0.25, 0.3) is 11.1 Å². The summed E-state index contributed by atoms with van der Waals surface area (Å²) in [6.45, 7) is 7.97. The van der Waals surface area contributed by atoms with Gasteiger partial charge in [-0.3, -0.25) is 9.59 Å². The van der Waals surface area contributed by atoms with Crippen molar-refractivity contribution in [3.63, 3.8) is 0 Å². The van der Waals surface area contributed by atoms with E-state index in [0.717, 1.165) is 22.3 Å². The molecule has 242 valence electrons. The molecule has 11 nitrogen and oxygen atoms in total. The zero-order valence-corrected chi connectivity index (χ0v) is 26.5. The fourth-order valence-corrected chi connectivity index (χ4v) is 5.21. The molecule has 3 aromatic carbocycles. The van der Waals surface area contributed by atoms with Gasteiger partial charge in [0.1, 0.15) is 24.7 Å². The maximum atomic E-state index is 13.6. The van der Waals surface area contributed by atoms with E-state index in [9.17, 15) is 24.0 Å². The molecule has 2 N–H and O–H groups in total. The number of alkyl carbamates (subject to hydrolysis) is 1. The highest BCUT2D eigenvalue weighted by Gasteiger charge is 2.37. The first-order valence-electron chi connectivity index (χ1n) is 15.2. The fraction of sp³-hybridized carbons (Fsp3) is 0.343. The minimum Gasteiger partial charge on any atom is -0.464 e. The van der Waals surface area contributed by atoms with Crippen LogP contribution in [-0.4, -0.2) is 66.2 Å². The summed E-state index contributed by atoms with van der Waals surface area (Å²) in [7, 11) is 0. The number of nitrogens with zero attached hydrogens (tertiary/aromatic N) is 1. The number of hydrogen-bond donors (Lipinski definition) is 2.